The van der Waals surface area contributed by atoms with Gasteiger partial charge in [-0.3, -0.25) is 23.7 Å². The van der Waals surface area contributed by atoms with Crippen LogP contribution in [0.25, 0.3) is 0 Å². The fourth-order valence-corrected chi connectivity index (χ4v) is 5.00. The number of nitriles is 1. The van der Waals surface area contributed by atoms with E-state index in [0.29, 0.717) is 0 Å². The summed E-state index contributed by atoms with van der Waals surface area (Å²) >= 11 is 0. The molecule has 1 saturated heterocycles. The first-order valence-corrected chi connectivity index (χ1v) is 12.1. The number of aromatic nitrogens is 2. The zero-order valence-electron chi connectivity index (χ0n) is 19.4. The maximum absolute atomic E-state index is 13.5. The number of carbonyl (C=O) groups is 1. The Morgan fingerprint density at radius 2 is 2.06 bits per heavy atom. The lowest BCUT2D eigenvalue weighted by molar-refractivity contribution is -0.142. The summed E-state index contributed by atoms with van der Waals surface area (Å²) in [5.41, 5.74) is -3.22. The lowest BCUT2D eigenvalue weighted by Crippen LogP contribution is -2.41. The molecule has 194 valence electrons. The number of halogens is 1. The van der Waals surface area contributed by atoms with E-state index >= 15 is 0 Å². The molecule has 36 heavy (non-hydrogen) atoms. The quantitative estimate of drug-likeness (QED) is 0.311. The van der Waals surface area contributed by atoms with Gasteiger partial charge in [-0.25, -0.2) is 13.8 Å². The average molecular weight is 526 g/mol. The number of benzene rings is 1. The zero-order chi connectivity index (χ0) is 26.7. The molecular formula is C21H24FN4O9P. The number of rotatable bonds is 9. The van der Waals surface area contributed by atoms with Crippen LogP contribution in [-0.2, 0) is 23.4 Å². The summed E-state index contributed by atoms with van der Waals surface area (Å²) < 4.78 is 48.8. The first-order valence-electron chi connectivity index (χ1n) is 10.5. The van der Waals surface area contributed by atoms with E-state index in [9.17, 15) is 33.7 Å². The smallest absolute Gasteiger partial charge is 0.459 e. The molecule has 0 saturated carbocycles. The second-order valence-corrected chi connectivity index (χ2v) is 9.79. The highest BCUT2D eigenvalue weighted by atomic mass is 31.2. The Hall–Kier alpha value is -3.34. The lowest BCUT2D eigenvalue weighted by atomic mass is 9.84. The predicted octanol–water partition coefficient (Wildman–Crippen LogP) is 0.819. The lowest BCUT2D eigenvalue weighted by Gasteiger charge is -2.26. The van der Waals surface area contributed by atoms with Crippen LogP contribution in [0.5, 0.6) is 5.75 Å². The number of esters is 1. The van der Waals surface area contributed by atoms with Gasteiger partial charge < -0.3 is 19.1 Å². The van der Waals surface area contributed by atoms with Crippen molar-refractivity contribution in [3.63, 3.8) is 0 Å². The van der Waals surface area contributed by atoms with E-state index in [4.69, 9.17) is 13.8 Å². The molecule has 0 spiro atoms. The number of nitrogens with zero attached hydrogens (tertiary/aromatic N) is 2. The molecule has 1 aliphatic heterocycles. The Balaban J connectivity index is 1.85. The fourth-order valence-electron chi connectivity index (χ4n) is 3.49. The Labute approximate surface area is 204 Å². The van der Waals surface area contributed by atoms with E-state index in [2.05, 4.69) is 9.82 Å². The topological polar surface area (TPSA) is 182 Å². The maximum atomic E-state index is 13.5. The van der Waals surface area contributed by atoms with Gasteiger partial charge in [0.05, 0.1) is 19.8 Å². The molecule has 0 bridgehead atoms. The minimum absolute atomic E-state index is 0.0586. The van der Waals surface area contributed by atoms with Crippen LogP contribution in [-0.4, -0.2) is 52.6 Å². The van der Waals surface area contributed by atoms with Crippen molar-refractivity contribution in [1.29, 1.82) is 5.26 Å². The third kappa shape index (κ3) is 5.72. The normalized spacial score (nSPS) is 25.9. The number of ether oxygens (including phenoxy) is 2. The van der Waals surface area contributed by atoms with Gasteiger partial charge in [0, 0.05) is 12.3 Å². The van der Waals surface area contributed by atoms with Crippen molar-refractivity contribution in [1.82, 2.24) is 14.6 Å². The monoisotopic (exact) mass is 526 g/mol. The van der Waals surface area contributed by atoms with Gasteiger partial charge in [0.25, 0.3) is 5.56 Å². The van der Waals surface area contributed by atoms with Gasteiger partial charge in [-0.15, -0.1) is 0 Å². The summed E-state index contributed by atoms with van der Waals surface area (Å²) in [6, 6.07) is 6.27. The van der Waals surface area contributed by atoms with Gasteiger partial charge in [-0.1, -0.05) is 0 Å². The highest BCUT2D eigenvalue weighted by Crippen LogP contribution is 2.48. The Bertz CT molecular complexity index is 1310. The maximum Gasteiger partial charge on any atom is 0.459 e. The van der Waals surface area contributed by atoms with Crippen molar-refractivity contribution in [2.45, 2.75) is 38.3 Å². The Morgan fingerprint density at radius 1 is 1.39 bits per heavy atom. The average Bonchev–Trinajstić information content (AvgIpc) is 3.09. The van der Waals surface area contributed by atoms with Crippen LogP contribution in [0.1, 0.15) is 20.1 Å². The number of H-pyrrole nitrogens is 1. The summed E-state index contributed by atoms with van der Waals surface area (Å²) in [4.78, 5) is 37.6. The van der Waals surface area contributed by atoms with Crippen LogP contribution in [0.3, 0.4) is 0 Å². The molecule has 13 nitrogen and oxygen atoms in total. The summed E-state index contributed by atoms with van der Waals surface area (Å²) in [7, 11) is -3.26. The van der Waals surface area contributed by atoms with Gasteiger partial charge in [0.2, 0.25) is 0 Å². The van der Waals surface area contributed by atoms with E-state index in [0.717, 1.165) is 36.1 Å². The Morgan fingerprint density at radius 3 is 2.64 bits per heavy atom. The minimum Gasteiger partial charge on any atom is -0.468 e. The number of aliphatic hydroxyl groups excluding tert-OH is 1. The molecule has 1 aliphatic rings. The highest BCUT2D eigenvalue weighted by molar-refractivity contribution is 7.52. The van der Waals surface area contributed by atoms with E-state index in [-0.39, 0.29) is 5.75 Å². The highest BCUT2D eigenvalue weighted by Gasteiger charge is 2.55. The van der Waals surface area contributed by atoms with Crippen molar-refractivity contribution < 1.29 is 37.4 Å². The molecule has 3 N–H and O–H groups in total. The predicted molar refractivity (Wildman–Crippen MR) is 120 cm³/mol. The van der Waals surface area contributed by atoms with Gasteiger partial charge in [-0.05, 0) is 38.1 Å². The number of nitrogens with one attached hydrogen (secondary N) is 2. The molecule has 1 aromatic carbocycles. The number of hydrogen-bond donors (Lipinski definition) is 3. The van der Waals surface area contributed by atoms with Crippen LogP contribution in [0.2, 0.25) is 0 Å². The van der Waals surface area contributed by atoms with Crippen molar-refractivity contribution >= 4 is 13.7 Å². The first kappa shape index (κ1) is 27.3. The van der Waals surface area contributed by atoms with Crippen molar-refractivity contribution in [3.8, 4) is 11.8 Å². The number of aliphatic hydroxyl groups is 1. The molecule has 2 heterocycles. The molecule has 0 aliphatic carbocycles. The summed E-state index contributed by atoms with van der Waals surface area (Å²) in [5.74, 6) is -1.42. The van der Waals surface area contributed by atoms with Crippen molar-refractivity contribution in [3.05, 3.63) is 63.2 Å². The summed E-state index contributed by atoms with van der Waals surface area (Å²) in [6.45, 7) is 2.06. The standard InChI is InChI=1S/C21H24FN4O9P/c1-12(18(29)32-3)25-36(31,35-14-6-4-13(22)5-7-14)33-10-15-17(28)21(2,11-23)19(34-15)26-9-8-16(27)24-20(26)30/h4-9,12,15,17,19,28H,10H2,1-3H3,(H,25,31)(H,24,27,30). The molecule has 6 atom stereocenters. The van der Waals surface area contributed by atoms with E-state index in [1.54, 1.807) is 0 Å². The molecule has 0 amide bonds. The van der Waals surface area contributed by atoms with Gasteiger partial charge >= 0.3 is 19.4 Å². The van der Waals surface area contributed by atoms with Crippen LogP contribution >= 0.6 is 7.75 Å². The third-order valence-corrected chi connectivity index (χ3v) is 7.13. The minimum atomic E-state index is -4.38. The Kier molecular flexibility index (Phi) is 8.12. The van der Waals surface area contributed by atoms with Gasteiger partial charge in [-0.2, -0.15) is 10.3 Å². The number of methoxy groups -OCH3 is 1. The molecule has 0 radical (unpaired) electrons. The van der Waals surface area contributed by atoms with Crippen molar-refractivity contribution in [2.75, 3.05) is 13.7 Å². The molecule has 6 unspecified atom stereocenters. The summed E-state index contributed by atoms with van der Waals surface area (Å²) in [5, 5.41) is 23.0. The van der Waals surface area contributed by atoms with Crippen LogP contribution < -0.4 is 20.9 Å². The summed E-state index contributed by atoms with van der Waals surface area (Å²) in [6.07, 6.45) is -3.06. The molecule has 15 heteroatoms. The molecule has 1 fully saturated rings. The zero-order valence-corrected chi connectivity index (χ0v) is 20.3. The van der Waals surface area contributed by atoms with E-state index in [1.807, 2.05) is 11.1 Å². The number of aromatic amines is 1. The largest absolute Gasteiger partial charge is 0.468 e. The van der Waals surface area contributed by atoms with Crippen LogP contribution in [0.15, 0.2) is 46.1 Å². The molecule has 1 aromatic heterocycles. The van der Waals surface area contributed by atoms with E-state index in [1.165, 1.54) is 26.0 Å². The first-order chi connectivity index (χ1) is 16.9. The second kappa shape index (κ2) is 10.7. The van der Waals surface area contributed by atoms with Crippen LogP contribution in [0, 0.1) is 22.6 Å². The molecule has 3 rings (SSSR count). The van der Waals surface area contributed by atoms with Gasteiger partial charge in [0.1, 0.15) is 35.2 Å². The van der Waals surface area contributed by atoms with Gasteiger partial charge in [0.15, 0.2) is 6.23 Å². The van der Waals surface area contributed by atoms with E-state index < -0.39 is 67.3 Å². The SMILES string of the molecule is COC(=O)C(C)NP(=O)(OCC1OC(n2ccc(=O)[nH]c2=O)C(C)(C#N)C1O)Oc1ccc(F)cc1. The van der Waals surface area contributed by atoms with Crippen LogP contribution in [0.4, 0.5) is 4.39 Å². The van der Waals surface area contributed by atoms with Crippen molar-refractivity contribution in [2.24, 2.45) is 5.41 Å². The molecular weight excluding hydrogens is 502 g/mol. The number of carbonyl (C=O) groups excluding carboxylic acids is 1. The second-order valence-electron chi connectivity index (χ2n) is 8.10. The molecule has 2 aromatic rings. The fraction of sp³-hybridized carbons (Fsp3) is 0.429. The third-order valence-electron chi connectivity index (χ3n) is 5.48. The number of hydrogen-bond acceptors (Lipinski definition) is 10.